The molecular formula is C26H19ClN2O3S. The molecule has 1 aliphatic heterocycles. The monoisotopic (exact) mass is 474 g/mol. The normalized spacial score (nSPS) is 17.8. The first-order valence-corrected chi connectivity index (χ1v) is 11.5. The van der Waals surface area contributed by atoms with E-state index in [0.717, 1.165) is 21.3 Å². The molecule has 2 heterocycles. The van der Waals surface area contributed by atoms with Gasteiger partial charge in [-0.3, -0.25) is 14.5 Å². The highest BCUT2D eigenvalue weighted by Gasteiger charge is 2.48. The van der Waals surface area contributed by atoms with Crippen LogP contribution in [-0.4, -0.2) is 21.8 Å². The second-order valence-electron chi connectivity index (χ2n) is 8.01. The third kappa shape index (κ3) is 3.61. The van der Waals surface area contributed by atoms with Crippen LogP contribution in [0.15, 0.2) is 72.3 Å². The molecule has 0 bridgehead atoms. The van der Waals surface area contributed by atoms with Crippen LogP contribution in [0.1, 0.15) is 28.3 Å². The molecule has 5 nitrogen and oxygen atoms in total. The van der Waals surface area contributed by atoms with Gasteiger partial charge in [-0.1, -0.05) is 59.3 Å². The molecule has 1 aromatic heterocycles. The van der Waals surface area contributed by atoms with E-state index in [0.29, 0.717) is 21.3 Å². The van der Waals surface area contributed by atoms with Crippen LogP contribution in [0.3, 0.4) is 0 Å². The van der Waals surface area contributed by atoms with Crippen LogP contribution in [0.4, 0.5) is 5.13 Å². The number of aromatic nitrogens is 1. The second kappa shape index (κ2) is 8.14. The molecule has 1 fully saturated rings. The lowest BCUT2D eigenvalue weighted by Crippen LogP contribution is -2.29. The summed E-state index contributed by atoms with van der Waals surface area (Å²) in [4.78, 5) is 32.7. The Labute approximate surface area is 199 Å². The Morgan fingerprint density at radius 1 is 1.03 bits per heavy atom. The fraction of sp³-hybridized carbons (Fsp3) is 0.115. The number of halogens is 1. The Hall–Kier alpha value is -3.48. The minimum absolute atomic E-state index is 0.0284. The molecule has 0 unspecified atom stereocenters. The Morgan fingerprint density at radius 3 is 2.42 bits per heavy atom. The topological polar surface area (TPSA) is 70.5 Å². The number of fused-ring (bicyclic) bond motifs is 1. The van der Waals surface area contributed by atoms with Gasteiger partial charge in [0, 0.05) is 10.6 Å². The second-order valence-corrected chi connectivity index (χ2v) is 9.46. The average Bonchev–Trinajstić information content (AvgIpc) is 3.33. The largest absolute Gasteiger partial charge is 0.507 e. The van der Waals surface area contributed by atoms with Gasteiger partial charge in [-0.05, 0) is 60.9 Å². The summed E-state index contributed by atoms with van der Waals surface area (Å²) >= 11 is 7.34. The van der Waals surface area contributed by atoms with E-state index in [1.807, 2.05) is 56.3 Å². The number of aliphatic hydroxyl groups excluding tert-OH is 1. The van der Waals surface area contributed by atoms with Crippen molar-refractivity contribution in [2.75, 3.05) is 4.90 Å². The molecule has 1 N–H and O–H groups in total. The first-order valence-electron chi connectivity index (χ1n) is 10.3. The zero-order valence-corrected chi connectivity index (χ0v) is 19.4. The number of rotatable bonds is 3. The number of hydrogen-bond acceptors (Lipinski definition) is 5. The van der Waals surface area contributed by atoms with E-state index >= 15 is 0 Å². The van der Waals surface area contributed by atoms with Crippen LogP contribution in [0.2, 0.25) is 5.02 Å². The molecule has 5 rings (SSSR count). The van der Waals surface area contributed by atoms with Gasteiger partial charge < -0.3 is 5.11 Å². The number of thiazole rings is 1. The predicted octanol–water partition coefficient (Wildman–Crippen LogP) is 6.19. The Kier molecular flexibility index (Phi) is 5.27. The molecule has 7 heteroatoms. The van der Waals surface area contributed by atoms with E-state index in [4.69, 9.17) is 16.6 Å². The molecule has 1 saturated heterocycles. The van der Waals surface area contributed by atoms with Crippen molar-refractivity contribution in [1.29, 1.82) is 0 Å². The van der Waals surface area contributed by atoms with Gasteiger partial charge in [0.2, 0.25) is 0 Å². The van der Waals surface area contributed by atoms with Crippen molar-refractivity contribution in [3.8, 4) is 0 Å². The van der Waals surface area contributed by atoms with Crippen LogP contribution in [0.25, 0.3) is 16.0 Å². The molecule has 164 valence electrons. The maximum Gasteiger partial charge on any atom is 0.301 e. The molecule has 0 radical (unpaired) electrons. The third-order valence-corrected chi connectivity index (χ3v) is 6.96. The summed E-state index contributed by atoms with van der Waals surface area (Å²) < 4.78 is 0.939. The fourth-order valence-electron chi connectivity index (χ4n) is 4.21. The van der Waals surface area contributed by atoms with Crippen molar-refractivity contribution in [1.82, 2.24) is 4.98 Å². The van der Waals surface area contributed by atoms with Gasteiger partial charge in [0.05, 0.1) is 21.8 Å². The van der Waals surface area contributed by atoms with Crippen molar-refractivity contribution < 1.29 is 14.7 Å². The minimum Gasteiger partial charge on any atom is -0.507 e. The summed E-state index contributed by atoms with van der Waals surface area (Å²) in [7, 11) is 0. The van der Waals surface area contributed by atoms with Crippen molar-refractivity contribution >= 4 is 55.7 Å². The smallest absolute Gasteiger partial charge is 0.301 e. The number of carbonyl (C=O) groups is 2. The lowest BCUT2D eigenvalue weighted by molar-refractivity contribution is -0.132. The zero-order valence-electron chi connectivity index (χ0n) is 17.9. The summed E-state index contributed by atoms with van der Waals surface area (Å²) in [5, 5.41) is 12.1. The maximum atomic E-state index is 13.3. The van der Waals surface area contributed by atoms with Gasteiger partial charge in [0.1, 0.15) is 5.76 Å². The standard InChI is InChI=1S/C26H19ClN2O3S/c1-14-12-15(2)21-19(13-14)33-26(28-21)29-22(16-6-4-3-5-7-16)20(24(31)25(29)32)23(30)17-8-10-18(27)11-9-17/h3-13,22,30H,1-2H3/t22-/m0/s1. The van der Waals surface area contributed by atoms with Crippen molar-refractivity contribution in [2.45, 2.75) is 19.9 Å². The average molecular weight is 475 g/mol. The SMILES string of the molecule is Cc1cc(C)c2nc(N3C(=O)C(=O)C(=C(O)c4ccc(Cl)cc4)[C@@H]3c3ccccc3)sc2c1. The number of aliphatic hydroxyl groups is 1. The molecule has 0 spiro atoms. The van der Waals surface area contributed by atoms with Crippen LogP contribution in [-0.2, 0) is 9.59 Å². The van der Waals surface area contributed by atoms with Crippen molar-refractivity contribution in [2.24, 2.45) is 0 Å². The fourth-order valence-corrected chi connectivity index (χ4v) is 5.50. The molecule has 4 aromatic rings. The highest BCUT2D eigenvalue weighted by atomic mass is 35.5. The number of carbonyl (C=O) groups excluding carboxylic acids is 2. The highest BCUT2D eigenvalue weighted by molar-refractivity contribution is 7.22. The summed E-state index contributed by atoms with van der Waals surface area (Å²) in [6, 6.07) is 19.0. The molecule has 0 aliphatic carbocycles. The number of nitrogens with zero attached hydrogens (tertiary/aromatic N) is 2. The number of Topliss-reactive ketones (excluding diaryl/α,β-unsaturated/α-hetero) is 1. The third-order valence-electron chi connectivity index (χ3n) is 5.70. The van der Waals surface area contributed by atoms with Crippen LogP contribution in [0.5, 0.6) is 0 Å². The summed E-state index contributed by atoms with van der Waals surface area (Å²) in [6.07, 6.45) is 0. The maximum absolute atomic E-state index is 13.3. The zero-order chi connectivity index (χ0) is 23.3. The van der Waals surface area contributed by atoms with E-state index < -0.39 is 17.7 Å². The highest BCUT2D eigenvalue weighted by Crippen LogP contribution is 2.44. The number of amides is 1. The molecule has 33 heavy (non-hydrogen) atoms. The molecule has 1 amide bonds. The Bertz CT molecular complexity index is 1440. The number of anilines is 1. The molecule has 0 saturated carbocycles. The van der Waals surface area contributed by atoms with Crippen LogP contribution in [0, 0.1) is 13.8 Å². The van der Waals surface area contributed by atoms with Crippen LogP contribution >= 0.6 is 22.9 Å². The van der Waals surface area contributed by atoms with Gasteiger partial charge in [0.15, 0.2) is 5.13 Å². The number of hydrogen-bond donors (Lipinski definition) is 1. The number of benzene rings is 3. The van der Waals surface area contributed by atoms with Gasteiger partial charge in [-0.15, -0.1) is 0 Å². The first kappa shape index (κ1) is 21.4. The summed E-state index contributed by atoms with van der Waals surface area (Å²) in [5.41, 5.74) is 4.04. The number of aryl methyl sites for hydroxylation is 2. The van der Waals surface area contributed by atoms with E-state index in [-0.39, 0.29) is 11.3 Å². The molecule has 1 aliphatic rings. The van der Waals surface area contributed by atoms with Gasteiger partial charge >= 0.3 is 5.91 Å². The lowest BCUT2D eigenvalue weighted by atomic mass is 9.95. The van der Waals surface area contributed by atoms with Crippen molar-refractivity contribution in [3.05, 3.63) is 99.6 Å². The first-order chi connectivity index (χ1) is 15.8. The van der Waals surface area contributed by atoms with E-state index in [1.165, 1.54) is 16.2 Å². The van der Waals surface area contributed by atoms with Gasteiger partial charge in [0.25, 0.3) is 5.78 Å². The summed E-state index contributed by atoms with van der Waals surface area (Å²) in [6.45, 7) is 3.98. The van der Waals surface area contributed by atoms with Crippen LogP contribution < -0.4 is 4.90 Å². The van der Waals surface area contributed by atoms with Gasteiger partial charge in [-0.25, -0.2) is 4.98 Å². The van der Waals surface area contributed by atoms with E-state index in [2.05, 4.69) is 0 Å². The van der Waals surface area contributed by atoms with Gasteiger partial charge in [-0.2, -0.15) is 0 Å². The van der Waals surface area contributed by atoms with E-state index in [1.54, 1.807) is 24.3 Å². The minimum atomic E-state index is -0.802. The molecule has 1 atom stereocenters. The quantitative estimate of drug-likeness (QED) is 0.218. The van der Waals surface area contributed by atoms with Crippen molar-refractivity contribution in [3.63, 3.8) is 0 Å². The van der Waals surface area contributed by atoms with E-state index in [9.17, 15) is 14.7 Å². The Morgan fingerprint density at radius 2 is 1.73 bits per heavy atom. The summed E-state index contributed by atoms with van der Waals surface area (Å²) in [5.74, 6) is -1.70. The lowest BCUT2D eigenvalue weighted by Gasteiger charge is -2.22. The predicted molar refractivity (Wildman–Crippen MR) is 132 cm³/mol. The Balaban J connectivity index is 1.73. The molecular weight excluding hydrogens is 456 g/mol. The number of ketones is 1. The molecule has 3 aromatic carbocycles.